The van der Waals surface area contributed by atoms with Gasteiger partial charge in [0.1, 0.15) is 0 Å². The highest BCUT2D eigenvalue weighted by molar-refractivity contribution is 7.80. The molecule has 0 aliphatic carbocycles. The van der Waals surface area contributed by atoms with E-state index in [4.69, 9.17) is 12.2 Å². The molecule has 0 saturated carbocycles. The lowest BCUT2D eigenvalue weighted by Gasteiger charge is -2.10. The van der Waals surface area contributed by atoms with Crippen molar-refractivity contribution in [1.82, 2.24) is 15.3 Å². The lowest BCUT2D eigenvalue weighted by Crippen LogP contribution is -2.29. The van der Waals surface area contributed by atoms with Gasteiger partial charge in [-0.25, -0.2) is 4.98 Å². The van der Waals surface area contributed by atoms with Crippen molar-refractivity contribution in [2.75, 3.05) is 11.9 Å². The van der Waals surface area contributed by atoms with Crippen molar-refractivity contribution in [2.45, 2.75) is 19.3 Å². The topological polar surface area (TPSA) is 52.7 Å². The van der Waals surface area contributed by atoms with Gasteiger partial charge in [-0.15, -0.1) is 0 Å². The summed E-state index contributed by atoms with van der Waals surface area (Å²) in [5.74, 6) is 0. The number of nitrogens with one attached hydrogen (secondary N) is 3. The van der Waals surface area contributed by atoms with Crippen molar-refractivity contribution in [3.05, 3.63) is 48.5 Å². The van der Waals surface area contributed by atoms with Crippen LogP contribution in [0, 0.1) is 0 Å². The number of anilines is 1. The Morgan fingerprint density at radius 2 is 2.05 bits per heavy atom. The highest BCUT2D eigenvalue weighted by Crippen LogP contribution is 2.04. The van der Waals surface area contributed by atoms with Crippen LogP contribution in [0.4, 0.5) is 5.69 Å². The molecule has 4 nitrogen and oxygen atoms in total. The van der Waals surface area contributed by atoms with Crippen molar-refractivity contribution in [3.63, 3.8) is 0 Å². The molecule has 1 heterocycles. The van der Waals surface area contributed by atoms with Crippen LogP contribution in [0.3, 0.4) is 0 Å². The van der Waals surface area contributed by atoms with Gasteiger partial charge in [0.2, 0.25) is 0 Å². The van der Waals surface area contributed by atoms with Gasteiger partial charge in [-0.2, -0.15) is 0 Å². The Bertz CT molecular complexity index is 481. The zero-order chi connectivity index (χ0) is 13.3. The fraction of sp³-hybridized carbons (Fsp3) is 0.286. The summed E-state index contributed by atoms with van der Waals surface area (Å²) in [5, 5.41) is 7.03. The molecule has 2 aromatic rings. The molecule has 1 aromatic carbocycles. The Morgan fingerprint density at radius 3 is 2.79 bits per heavy atom. The summed E-state index contributed by atoms with van der Waals surface area (Å²) in [7, 11) is 0. The van der Waals surface area contributed by atoms with Crippen molar-refractivity contribution in [2.24, 2.45) is 0 Å². The molecule has 5 heteroatoms. The van der Waals surface area contributed by atoms with E-state index in [-0.39, 0.29) is 0 Å². The number of unbranched alkanes of at least 4 members (excludes halogenated alkanes) is 1. The third-order valence-electron chi connectivity index (χ3n) is 2.74. The van der Waals surface area contributed by atoms with Gasteiger partial charge in [-0.1, -0.05) is 18.2 Å². The van der Waals surface area contributed by atoms with E-state index in [9.17, 15) is 0 Å². The van der Waals surface area contributed by atoms with E-state index in [1.54, 1.807) is 6.33 Å². The molecule has 1 aromatic heterocycles. The van der Waals surface area contributed by atoms with Gasteiger partial charge in [0, 0.05) is 24.1 Å². The van der Waals surface area contributed by atoms with Crippen LogP contribution >= 0.6 is 12.2 Å². The number of imidazole rings is 1. The second kappa shape index (κ2) is 7.53. The van der Waals surface area contributed by atoms with Gasteiger partial charge in [-0.05, 0) is 43.6 Å². The second-order valence-corrected chi connectivity index (χ2v) is 4.69. The maximum Gasteiger partial charge on any atom is 0.170 e. The first-order chi connectivity index (χ1) is 9.34. The van der Waals surface area contributed by atoms with Crippen LogP contribution < -0.4 is 10.6 Å². The number of rotatable bonds is 6. The minimum atomic E-state index is 0.674. The number of aryl methyl sites for hydroxylation is 1. The Hall–Kier alpha value is -1.88. The number of hydrogen-bond acceptors (Lipinski definition) is 2. The van der Waals surface area contributed by atoms with Crippen LogP contribution in [-0.2, 0) is 6.42 Å². The summed E-state index contributed by atoms with van der Waals surface area (Å²) in [6.07, 6.45) is 6.81. The van der Waals surface area contributed by atoms with Crippen molar-refractivity contribution in [1.29, 1.82) is 0 Å². The van der Waals surface area contributed by atoms with E-state index in [2.05, 4.69) is 20.6 Å². The van der Waals surface area contributed by atoms with Gasteiger partial charge in [0.05, 0.1) is 6.33 Å². The molecule has 0 saturated heterocycles. The monoisotopic (exact) mass is 274 g/mol. The first-order valence-corrected chi connectivity index (χ1v) is 6.82. The first-order valence-electron chi connectivity index (χ1n) is 6.42. The summed E-state index contributed by atoms with van der Waals surface area (Å²) >= 11 is 5.23. The number of aromatic amines is 1. The molecule has 0 aliphatic rings. The fourth-order valence-corrected chi connectivity index (χ4v) is 1.98. The summed E-state index contributed by atoms with van der Waals surface area (Å²) in [5.41, 5.74) is 2.20. The van der Waals surface area contributed by atoms with Gasteiger partial charge < -0.3 is 15.6 Å². The maximum absolute atomic E-state index is 5.23. The molecule has 0 bridgehead atoms. The average molecular weight is 274 g/mol. The van der Waals surface area contributed by atoms with Gasteiger partial charge in [0.25, 0.3) is 0 Å². The van der Waals surface area contributed by atoms with Crippen LogP contribution in [0.15, 0.2) is 42.9 Å². The molecule has 0 atom stereocenters. The predicted molar refractivity (Wildman–Crippen MR) is 82.2 cm³/mol. The van der Waals surface area contributed by atoms with E-state index < -0.39 is 0 Å². The fourth-order valence-electron chi connectivity index (χ4n) is 1.76. The summed E-state index contributed by atoms with van der Waals surface area (Å²) in [6.45, 7) is 0.882. The smallest absolute Gasteiger partial charge is 0.170 e. The Morgan fingerprint density at radius 1 is 1.21 bits per heavy atom. The minimum Gasteiger partial charge on any atom is -0.362 e. The highest BCUT2D eigenvalue weighted by atomic mass is 32.1. The van der Waals surface area contributed by atoms with Gasteiger partial charge in [-0.3, -0.25) is 0 Å². The largest absolute Gasteiger partial charge is 0.362 e. The number of nitrogens with zero attached hydrogens (tertiary/aromatic N) is 1. The number of hydrogen-bond donors (Lipinski definition) is 3. The molecular weight excluding hydrogens is 256 g/mol. The quantitative estimate of drug-likeness (QED) is 0.560. The Balaban J connectivity index is 1.57. The van der Waals surface area contributed by atoms with Crippen molar-refractivity contribution < 1.29 is 0 Å². The lowest BCUT2D eigenvalue weighted by atomic mass is 10.2. The van der Waals surface area contributed by atoms with Gasteiger partial charge >= 0.3 is 0 Å². The molecule has 0 fully saturated rings. The molecule has 2 rings (SSSR count). The zero-order valence-corrected chi connectivity index (χ0v) is 11.5. The van der Waals surface area contributed by atoms with Crippen LogP contribution in [0.5, 0.6) is 0 Å². The molecule has 0 aliphatic heterocycles. The normalized spacial score (nSPS) is 10.1. The van der Waals surface area contributed by atoms with Crippen LogP contribution in [0.25, 0.3) is 0 Å². The van der Waals surface area contributed by atoms with Crippen molar-refractivity contribution >= 4 is 23.0 Å². The van der Waals surface area contributed by atoms with Crippen molar-refractivity contribution in [3.8, 4) is 0 Å². The molecule has 19 heavy (non-hydrogen) atoms. The number of benzene rings is 1. The lowest BCUT2D eigenvalue weighted by molar-refractivity contribution is 0.704. The van der Waals surface area contributed by atoms with E-state index in [1.165, 1.54) is 5.69 Å². The van der Waals surface area contributed by atoms with Crippen LogP contribution in [0.1, 0.15) is 18.5 Å². The summed E-state index contributed by atoms with van der Waals surface area (Å²) in [4.78, 5) is 7.09. The SMILES string of the molecule is S=C(NCCCCc1cnc[nH]1)Nc1ccccc1. The number of H-pyrrole nitrogens is 1. The molecule has 3 N–H and O–H groups in total. The molecule has 0 amide bonds. The highest BCUT2D eigenvalue weighted by Gasteiger charge is 1.97. The van der Waals surface area contributed by atoms with Crippen LogP contribution in [-0.4, -0.2) is 21.6 Å². The van der Waals surface area contributed by atoms with Gasteiger partial charge in [0.15, 0.2) is 5.11 Å². The molecule has 0 spiro atoms. The number of aromatic nitrogens is 2. The molecular formula is C14H18N4S. The Kier molecular flexibility index (Phi) is 5.37. The zero-order valence-electron chi connectivity index (χ0n) is 10.7. The third-order valence-corrected chi connectivity index (χ3v) is 2.99. The summed E-state index contributed by atoms with van der Waals surface area (Å²) < 4.78 is 0. The molecule has 0 radical (unpaired) electrons. The number of para-hydroxylation sites is 1. The first kappa shape index (κ1) is 13.5. The van der Waals surface area contributed by atoms with E-state index in [0.717, 1.165) is 31.5 Å². The standard InChI is InChI=1S/C14H18N4S/c19-14(18-12-6-2-1-3-7-12)16-9-5-4-8-13-10-15-11-17-13/h1-3,6-7,10-11H,4-5,8-9H2,(H,15,17)(H2,16,18,19). The second-order valence-electron chi connectivity index (χ2n) is 4.28. The Labute approximate surface area is 118 Å². The van der Waals surface area contributed by atoms with E-state index >= 15 is 0 Å². The maximum atomic E-state index is 5.23. The van der Waals surface area contributed by atoms with E-state index in [1.807, 2.05) is 36.5 Å². The van der Waals surface area contributed by atoms with Crippen LogP contribution in [0.2, 0.25) is 0 Å². The minimum absolute atomic E-state index is 0.674. The third kappa shape index (κ3) is 5.09. The number of thiocarbonyl (C=S) groups is 1. The summed E-state index contributed by atoms with van der Waals surface area (Å²) in [6, 6.07) is 9.93. The molecule has 0 unspecified atom stereocenters. The molecule has 100 valence electrons. The predicted octanol–water partition coefficient (Wildman–Crippen LogP) is 2.72. The van der Waals surface area contributed by atoms with E-state index in [0.29, 0.717) is 5.11 Å². The average Bonchev–Trinajstić information content (AvgIpc) is 2.92.